The van der Waals surface area contributed by atoms with Crippen LogP contribution in [0, 0.1) is 10.1 Å². The first-order valence-electron chi connectivity index (χ1n) is 5.43. The summed E-state index contributed by atoms with van der Waals surface area (Å²) in [5.74, 6) is 0.510. The number of hydrogen-bond acceptors (Lipinski definition) is 4. The van der Waals surface area contributed by atoms with Crippen LogP contribution in [0.15, 0.2) is 22.7 Å². The number of benzene rings is 1. The van der Waals surface area contributed by atoms with Gasteiger partial charge in [-0.05, 0) is 41.5 Å². The Labute approximate surface area is 108 Å². The van der Waals surface area contributed by atoms with E-state index in [-0.39, 0.29) is 5.69 Å². The highest BCUT2D eigenvalue weighted by molar-refractivity contribution is 9.10. The van der Waals surface area contributed by atoms with Gasteiger partial charge in [0.25, 0.3) is 5.69 Å². The van der Waals surface area contributed by atoms with Crippen LogP contribution in [0.25, 0.3) is 0 Å². The van der Waals surface area contributed by atoms with Crippen LogP contribution >= 0.6 is 15.9 Å². The van der Waals surface area contributed by atoms with Gasteiger partial charge in [0, 0.05) is 6.07 Å². The number of nitrogens with zero attached hydrogens (tertiary/aromatic N) is 1. The Morgan fingerprint density at radius 2 is 2.29 bits per heavy atom. The van der Waals surface area contributed by atoms with Gasteiger partial charge in [0.2, 0.25) is 0 Å². The van der Waals surface area contributed by atoms with E-state index in [0.717, 1.165) is 19.5 Å². The minimum absolute atomic E-state index is 0.0224. The zero-order chi connectivity index (χ0) is 12.7. The fraction of sp³-hybridized carbons (Fsp3) is 0.455. The van der Waals surface area contributed by atoms with Gasteiger partial charge in [-0.15, -0.1) is 0 Å². The number of nitrogens with one attached hydrogen (secondary N) is 1. The molecule has 0 bridgehead atoms. The van der Waals surface area contributed by atoms with Gasteiger partial charge in [-0.1, -0.05) is 13.0 Å². The molecular formula is C11H15BrN2O3. The Morgan fingerprint density at radius 1 is 1.53 bits per heavy atom. The Hall–Kier alpha value is -1.14. The zero-order valence-electron chi connectivity index (χ0n) is 9.61. The van der Waals surface area contributed by atoms with E-state index in [0.29, 0.717) is 16.8 Å². The molecule has 0 unspecified atom stereocenters. The molecule has 0 fully saturated rings. The summed E-state index contributed by atoms with van der Waals surface area (Å²) in [5.41, 5.74) is 0.0224. The van der Waals surface area contributed by atoms with Crippen molar-refractivity contribution in [1.29, 1.82) is 0 Å². The molecule has 0 aliphatic carbocycles. The highest BCUT2D eigenvalue weighted by Crippen LogP contribution is 2.33. The van der Waals surface area contributed by atoms with Crippen LogP contribution in [0.3, 0.4) is 0 Å². The standard InChI is InChI=1S/C11H15BrN2O3/c1-2-13-7-4-8-17-10-6-3-5-9(11(10)12)14(15)16/h3,5-6,13H,2,4,7-8H2,1H3. The summed E-state index contributed by atoms with van der Waals surface area (Å²) in [5, 5.41) is 13.9. The van der Waals surface area contributed by atoms with Gasteiger partial charge in [0.1, 0.15) is 10.2 Å². The molecule has 0 aliphatic heterocycles. The molecule has 0 spiro atoms. The molecule has 1 aromatic carbocycles. The average Bonchev–Trinajstić information content (AvgIpc) is 2.30. The minimum atomic E-state index is -0.435. The lowest BCUT2D eigenvalue weighted by Gasteiger charge is -2.08. The van der Waals surface area contributed by atoms with Gasteiger partial charge in [0.15, 0.2) is 0 Å². The fourth-order valence-corrected chi connectivity index (χ4v) is 1.83. The van der Waals surface area contributed by atoms with Crippen molar-refractivity contribution in [3.8, 4) is 5.75 Å². The molecule has 5 nitrogen and oxygen atoms in total. The largest absolute Gasteiger partial charge is 0.492 e. The first-order valence-corrected chi connectivity index (χ1v) is 6.22. The van der Waals surface area contributed by atoms with Gasteiger partial charge < -0.3 is 10.1 Å². The number of rotatable bonds is 7. The van der Waals surface area contributed by atoms with Crippen molar-refractivity contribution < 1.29 is 9.66 Å². The maximum Gasteiger partial charge on any atom is 0.287 e. The van der Waals surface area contributed by atoms with Crippen molar-refractivity contribution in [1.82, 2.24) is 5.32 Å². The summed E-state index contributed by atoms with van der Waals surface area (Å²) in [6.07, 6.45) is 0.864. The molecule has 0 radical (unpaired) electrons. The van der Waals surface area contributed by atoms with Crippen molar-refractivity contribution in [3.63, 3.8) is 0 Å². The highest BCUT2D eigenvalue weighted by atomic mass is 79.9. The monoisotopic (exact) mass is 302 g/mol. The number of ether oxygens (including phenoxy) is 1. The Balaban J connectivity index is 2.54. The molecule has 6 heteroatoms. The Bertz CT molecular complexity index is 385. The van der Waals surface area contributed by atoms with E-state index in [1.54, 1.807) is 12.1 Å². The van der Waals surface area contributed by atoms with Crippen LogP contribution in [0.1, 0.15) is 13.3 Å². The highest BCUT2D eigenvalue weighted by Gasteiger charge is 2.15. The van der Waals surface area contributed by atoms with E-state index in [4.69, 9.17) is 4.74 Å². The molecule has 1 rings (SSSR count). The Kier molecular flexibility index (Phi) is 5.93. The van der Waals surface area contributed by atoms with Crippen LogP contribution in [-0.4, -0.2) is 24.6 Å². The predicted octanol–water partition coefficient (Wildman–Crippen LogP) is 2.74. The normalized spacial score (nSPS) is 10.2. The summed E-state index contributed by atoms with van der Waals surface area (Å²) >= 11 is 3.18. The van der Waals surface area contributed by atoms with Crippen LogP contribution in [0.5, 0.6) is 5.75 Å². The van der Waals surface area contributed by atoms with E-state index in [1.807, 2.05) is 6.92 Å². The quantitative estimate of drug-likeness (QED) is 0.478. The summed E-state index contributed by atoms with van der Waals surface area (Å²) in [7, 11) is 0. The molecule has 94 valence electrons. The van der Waals surface area contributed by atoms with E-state index in [1.165, 1.54) is 6.07 Å². The molecule has 1 N–H and O–H groups in total. The summed E-state index contributed by atoms with van der Waals surface area (Å²) in [6, 6.07) is 4.77. The third kappa shape index (κ3) is 4.32. The second-order valence-corrected chi connectivity index (χ2v) is 4.19. The van der Waals surface area contributed by atoms with Crippen molar-refractivity contribution in [2.24, 2.45) is 0 Å². The molecule has 17 heavy (non-hydrogen) atoms. The minimum Gasteiger partial charge on any atom is -0.492 e. The average molecular weight is 303 g/mol. The molecule has 0 atom stereocenters. The maximum atomic E-state index is 10.7. The van der Waals surface area contributed by atoms with Gasteiger partial charge >= 0.3 is 0 Å². The van der Waals surface area contributed by atoms with Crippen LogP contribution in [-0.2, 0) is 0 Å². The molecule has 1 aromatic rings. The van der Waals surface area contributed by atoms with Crippen molar-refractivity contribution in [3.05, 3.63) is 32.8 Å². The lowest BCUT2D eigenvalue weighted by molar-refractivity contribution is -0.385. The van der Waals surface area contributed by atoms with Crippen LogP contribution in [0.4, 0.5) is 5.69 Å². The molecule has 0 amide bonds. The smallest absolute Gasteiger partial charge is 0.287 e. The number of nitro benzene ring substituents is 1. The van der Waals surface area contributed by atoms with E-state index in [2.05, 4.69) is 21.2 Å². The number of nitro groups is 1. The molecule has 0 heterocycles. The lowest BCUT2D eigenvalue weighted by atomic mass is 10.3. The predicted molar refractivity (Wildman–Crippen MR) is 69.5 cm³/mol. The molecule has 0 aromatic heterocycles. The molecule has 0 saturated carbocycles. The number of halogens is 1. The maximum absolute atomic E-state index is 10.7. The summed E-state index contributed by atoms with van der Waals surface area (Å²) in [6.45, 7) is 4.38. The van der Waals surface area contributed by atoms with Gasteiger partial charge in [0.05, 0.1) is 11.5 Å². The summed E-state index contributed by atoms with van der Waals surface area (Å²) < 4.78 is 5.88. The third-order valence-corrected chi connectivity index (χ3v) is 2.94. The molecule has 0 saturated heterocycles. The van der Waals surface area contributed by atoms with Crippen LogP contribution < -0.4 is 10.1 Å². The van der Waals surface area contributed by atoms with E-state index in [9.17, 15) is 10.1 Å². The SMILES string of the molecule is CCNCCCOc1cccc([N+](=O)[O-])c1Br. The van der Waals surface area contributed by atoms with Gasteiger partial charge in [-0.25, -0.2) is 0 Å². The zero-order valence-corrected chi connectivity index (χ0v) is 11.2. The fourth-order valence-electron chi connectivity index (χ4n) is 1.31. The van der Waals surface area contributed by atoms with Crippen molar-refractivity contribution in [2.75, 3.05) is 19.7 Å². The topological polar surface area (TPSA) is 64.4 Å². The first kappa shape index (κ1) is 13.9. The van der Waals surface area contributed by atoms with Crippen LogP contribution in [0.2, 0.25) is 0 Å². The van der Waals surface area contributed by atoms with Crippen molar-refractivity contribution in [2.45, 2.75) is 13.3 Å². The lowest BCUT2D eigenvalue weighted by Crippen LogP contribution is -2.16. The Morgan fingerprint density at radius 3 is 2.94 bits per heavy atom. The van der Waals surface area contributed by atoms with E-state index >= 15 is 0 Å². The van der Waals surface area contributed by atoms with Gasteiger partial charge in [-0.3, -0.25) is 10.1 Å². The second kappa shape index (κ2) is 7.24. The van der Waals surface area contributed by atoms with Gasteiger partial charge in [-0.2, -0.15) is 0 Å². The van der Waals surface area contributed by atoms with Crippen molar-refractivity contribution >= 4 is 21.6 Å². The number of hydrogen-bond donors (Lipinski definition) is 1. The van der Waals surface area contributed by atoms with E-state index < -0.39 is 4.92 Å². The first-order chi connectivity index (χ1) is 8.16. The molecular weight excluding hydrogens is 288 g/mol. The summed E-state index contributed by atoms with van der Waals surface area (Å²) in [4.78, 5) is 10.3. The third-order valence-electron chi connectivity index (χ3n) is 2.15. The molecule has 0 aliphatic rings. The second-order valence-electron chi connectivity index (χ2n) is 3.40.